The summed E-state index contributed by atoms with van der Waals surface area (Å²) < 4.78 is 46.2. The van der Waals surface area contributed by atoms with Gasteiger partial charge in [-0.2, -0.15) is 13.2 Å². The maximum absolute atomic E-state index is 12.2. The first-order chi connectivity index (χ1) is 10.7. The van der Waals surface area contributed by atoms with Crippen LogP contribution in [-0.4, -0.2) is 43.6 Å². The maximum Gasteiger partial charge on any atom is 0.422 e. The van der Waals surface area contributed by atoms with Gasteiger partial charge in [0.25, 0.3) is 5.91 Å². The van der Waals surface area contributed by atoms with Crippen LogP contribution in [0.25, 0.3) is 0 Å². The molecule has 2 N–H and O–H groups in total. The number of nitrogens with one attached hydrogen (secondary N) is 1. The molecule has 1 aliphatic rings. The zero-order chi connectivity index (χ0) is 17.1. The Kier molecular flexibility index (Phi) is 5.03. The molecule has 2 rings (SSSR count). The summed E-state index contributed by atoms with van der Waals surface area (Å²) >= 11 is 0. The average molecular weight is 333 g/mol. The fourth-order valence-electron chi connectivity index (χ4n) is 2.15. The van der Waals surface area contributed by atoms with E-state index in [0.29, 0.717) is 19.8 Å². The zero-order valence-electron chi connectivity index (χ0n) is 12.6. The third-order valence-corrected chi connectivity index (χ3v) is 3.75. The molecule has 0 atom stereocenters. The second-order valence-corrected chi connectivity index (χ2v) is 5.65. The summed E-state index contributed by atoms with van der Waals surface area (Å²) in [6.07, 6.45) is -3.65. The van der Waals surface area contributed by atoms with E-state index in [1.165, 1.54) is 6.07 Å². The van der Waals surface area contributed by atoms with Crippen LogP contribution >= 0.6 is 0 Å². The van der Waals surface area contributed by atoms with E-state index in [0.717, 1.165) is 18.6 Å². The van der Waals surface area contributed by atoms with Gasteiger partial charge in [0.15, 0.2) is 6.61 Å². The predicted octanol–water partition coefficient (Wildman–Crippen LogP) is 2.49. The van der Waals surface area contributed by atoms with Gasteiger partial charge in [0, 0.05) is 23.6 Å². The van der Waals surface area contributed by atoms with E-state index < -0.39 is 18.7 Å². The third kappa shape index (κ3) is 4.75. The van der Waals surface area contributed by atoms with Crippen LogP contribution in [0.4, 0.5) is 13.2 Å². The summed E-state index contributed by atoms with van der Waals surface area (Å²) in [5.41, 5.74) is -0.0593. The largest absolute Gasteiger partial charge is 0.508 e. The number of rotatable bonds is 6. The van der Waals surface area contributed by atoms with Crippen molar-refractivity contribution in [3.05, 3.63) is 23.8 Å². The number of ether oxygens (including phenoxy) is 2. The highest BCUT2D eigenvalue weighted by Crippen LogP contribution is 2.30. The molecule has 23 heavy (non-hydrogen) atoms. The van der Waals surface area contributed by atoms with Crippen molar-refractivity contribution in [2.45, 2.75) is 19.5 Å². The van der Waals surface area contributed by atoms with E-state index in [2.05, 4.69) is 10.1 Å². The van der Waals surface area contributed by atoms with Crippen molar-refractivity contribution in [2.75, 3.05) is 26.4 Å². The molecule has 0 saturated carbocycles. The molecule has 0 bridgehead atoms. The van der Waals surface area contributed by atoms with Gasteiger partial charge < -0.3 is 19.9 Å². The van der Waals surface area contributed by atoms with E-state index in [4.69, 9.17) is 4.74 Å². The molecule has 0 aliphatic carbocycles. The Labute approximate surface area is 131 Å². The van der Waals surface area contributed by atoms with Crippen LogP contribution in [-0.2, 0) is 4.74 Å². The molecule has 5 nitrogen and oxygen atoms in total. The van der Waals surface area contributed by atoms with Gasteiger partial charge in [-0.15, -0.1) is 0 Å². The van der Waals surface area contributed by atoms with Gasteiger partial charge >= 0.3 is 6.18 Å². The number of carbonyl (C=O) groups is 1. The number of amides is 1. The summed E-state index contributed by atoms with van der Waals surface area (Å²) in [5, 5.41) is 12.3. The van der Waals surface area contributed by atoms with E-state index >= 15 is 0 Å². The minimum Gasteiger partial charge on any atom is -0.508 e. The van der Waals surface area contributed by atoms with Crippen LogP contribution in [0.1, 0.15) is 23.7 Å². The van der Waals surface area contributed by atoms with Crippen molar-refractivity contribution in [1.29, 1.82) is 0 Å². The van der Waals surface area contributed by atoms with Crippen molar-refractivity contribution in [3.63, 3.8) is 0 Å². The second-order valence-electron chi connectivity index (χ2n) is 5.65. The van der Waals surface area contributed by atoms with Gasteiger partial charge in [-0.05, 0) is 18.6 Å². The first kappa shape index (κ1) is 17.4. The summed E-state index contributed by atoms with van der Waals surface area (Å²) in [6, 6.07) is 3.36. The number of phenols is 1. The number of benzene rings is 1. The van der Waals surface area contributed by atoms with Crippen LogP contribution in [0.15, 0.2) is 18.2 Å². The fourth-order valence-corrected chi connectivity index (χ4v) is 2.15. The molecule has 1 aromatic rings. The maximum atomic E-state index is 12.2. The fraction of sp³-hybridized carbons (Fsp3) is 0.533. The Morgan fingerprint density at radius 1 is 1.39 bits per heavy atom. The van der Waals surface area contributed by atoms with Crippen LogP contribution in [0.3, 0.4) is 0 Å². The third-order valence-electron chi connectivity index (χ3n) is 3.75. The lowest BCUT2D eigenvalue weighted by Crippen LogP contribution is -2.50. The molecule has 1 amide bonds. The van der Waals surface area contributed by atoms with E-state index in [9.17, 15) is 23.1 Å². The Morgan fingerprint density at radius 3 is 2.61 bits per heavy atom. The van der Waals surface area contributed by atoms with Gasteiger partial charge in [0.05, 0.1) is 13.2 Å². The minimum absolute atomic E-state index is 0.0358. The molecular weight excluding hydrogens is 315 g/mol. The molecule has 1 saturated heterocycles. The summed E-state index contributed by atoms with van der Waals surface area (Å²) in [7, 11) is 0. The number of aromatic hydroxyl groups is 1. The lowest BCUT2D eigenvalue weighted by atomic mass is 9.83. The van der Waals surface area contributed by atoms with E-state index in [1.807, 2.05) is 6.92 Å². The van der Waals surface area contributed by atoms with Crippen LogP contribution in [0.5, 0.6) is 11.5 Å². The van der Waals surface area contributed by atoms with Crippen molar-refractivity contribution in [2.24, 2.45) is 5.41 Å². The summed E-state index contributed by atoms with van der Waals surface area (Å²) in [5.74, 6) is -1.05. The first-order valence-corrected chi connectivity index (χ1v) is 7.13. The van der Waals surface area contributed by atoms with Gasteiger partial charge in [-0.3, -0.25) is 4.79 Å². The number of phenolic OH excluding ortho intramolecular Hbond substituents is 1. The SMILES string of the molecule is CCC1(CNC(=O)c2cc(O)cc(OCC(F)(F)F)c2)COC1. The smallest absolute Gasteiger partial charge is 0.422 e. The highest BCUT2D eigenvalue weighted by Gasteiger charge is 2.37. The number of carbonyl (C=O) groups excluding carboxylic acids is 1. The van der Waals surface area contributed by atoms with E-state index in [-0.39, 0.29) is 22.5 Å². The zero-order valence-corrected chi connectivity index (χ0v) is 12.6. The monoisotopic (exact) mass is 333 g/mol. The van der Waals surface area contributed by atoms with Gasteiger partial charge in [-0.25, -0.2) is 0 Å². The average Bonchev–Trinajstić information content (AvgIpc) is 2.43. The van der Waals surface area contributed by atoms with Gasteiger partial charge in [-0.1, -0.05) is 6.92 Å². The molecular formula is C15H18F3NO4. The predicted molar refractivity (Wildman–Crippen MR) is 75.5 cm³/mol. The molecule has 0 spiro atoms. The first-order valence-electron chi connectivity index (χ1n) is 7.13. The second kappa shape index (κ2) is 6.66. The highest BCUT2D eigenvalue weighted by atomic mass is 19.4. The van der Waals surface area contributed by atoms with Crippen molar-refractivity contribution in [1.82, 2.24) is 5.32 Å². The highest BCUT2D eigenvalue weighted by molar-refractivity contribution is 5.95. The number of halogens is 3. The quantitative estimate of drug-likeness (QED) is 0.839. The van der Waals surface area contributed by atoms with Gasteiger partial charge in [0.1, 0.15) is 11.5 Å². The molecule has 0 aromatic heterocycles. The molecule has 0 radical (unpaired) electrons. The Bertz CT molecular complexity index is 565. The molecule has 1 aliphatic heterocycles. The Morgan fingerprint density at radius 2 is 2.09 bits per heavy atom. The Balaban J connectivity index is 2.00. The minimum atomic E-state index is -4.49. The molecule has 8 heteroatoms. The van der Waals surface area contributed by atoms with Crippen molar-refractivity contribution in [3.8, 4) is 11.5 Å². The standard InChI is InChI=1S/C15H18F3NO4/c1-2-14(7-22-8-14)6-19-13(21)10-3-11(20)5-12(4-10)23-9-15(16,17)18/h3-5,20H,2,6-9H2,1H3,(H,19,21). The molecule has 1 aromatic carbocycles. The van der Waals surface area contributed by atoms with Crippen LogP contribution in [0.2, 0.25) is 0 Å². The van der Waals surface area contributed by atoms with E-state index in [1.54, 1.807) is 0 Å². The van der Waals surface area contributed by atoms with Gasteiger partial charge in [0.2, 0.25) is 0 Å². The van der Waals surface area contributed by atoms with Crippen LogP contribution in [0, 0.1) is 5.41 Å². The summed E-state index contributed by atoms with van der Waals surface area (Å²) in [4.78, 5) is 12.1. The number of hydrogen-bond donors (Lipinski definition) is 2. The number of alkyl halides is 3. The normalized spacial score (nSPS) is 16.5. The molecule has 1 fully saturated rings. The summed E-state index contributed by atoms with van der Waals surface area (Å²) in [6.45, 7) is 2.02. The molecule has 0 unspecified atom stereocenters. The lowest BCUT2D eigenvalue weighted by Gasteiger charge is -2.40. The topological polar surface area (TPSA) is 67.8 Å². The number of hydrogen-bond acceptors (Lipinski definition) is 4. The lowest BCUT2D eigenvalue weighted by molar-refractivity contribution is -0.153. The Hall–Kier alpha value is -1.96. The molecule has 128 valence electrons. The molecule has 1 heterocycles. The van der Waals surface area contributed by atoms with Crippen molar-refractivity contribution < 1.29 is 32.5 Å². The van der Waals surface area contributed by atoms with Crippen molar-refractivity contribution >= 4 is 5.91 Å². The van der Waals surface area contributed by atoms with Crippen LogP contribution < -0.4 is 10.1 Å².